The van der Waals surface area contributed by atoms with E-state index in [1.807, 2.05) is 6.07 Å². The van der Waals surface area contributed by atoms with Crippen molar-refractivity contribution in [2.75, 3.05) is 5.32 Å². The van der Waals surface area contributed by atoms with Gasteiger partial charge < -0.3 is 9.73 Å². The summed E-state index contributed by atoms with van der Waals surface area (Å²) in [7, 11) is 0. The molecule has 0 atom stereocenters. The van der Waals surface area contributed by atoms with Gasteiger partial charge in [-0.1, -0.05) is 6.07 Å². The lowest BCUT2D eigenvalue weighted by atomic mass is 10.2. The number of anilines is 1. The lowest BCUT2D eigenvalue weighted by Crippen LogP contribution is -2.01. The van der Waals surface area contributed by atoms with Gasteiger partial charge in [-0.3, -0.25) is 0 Å². The third-order valence-electron chi connectivity index (χ3n) is 2.21. The van der Waals surface area contributed by atoms with Gasteiger partial charge in [0, 0.05) is 0 Å². The van der Waals surface area contributed by atoms with Crippen LogP contribution < -0.4 is 5.32 Å². The molecule has 0 unspecified atom stereocenters. The number of benzene rings is 1. The van der Waals surface area contributed by atoms with E-state index in [4.69, 9.17) is 9.68 Å². The quantitative estimate of drug-likeness (QED) is 0.940. The molecule has 86 valence electrons. The van der Waals surface area contributed by atoms with Crippen LogP contribution in [0.25, 0.3) is 0 Å². The third kappa shape index (κ3) is 2.66. The number of nitriles is 1. The first kappa shape index (κ1) is 11.7. The number of furan rings is 1. The predicted molar refractivity (Wildman–Crippen MR) is 64.8 cm³/mol. The van der Waals surface area contributed by atoms with E-state index < -0.39 is 5.82 Å². The van der Waals surface area contributed by atoms with Gasteiger partial charge in [0.05, 0.1) is 12.2 Å². The van der Waals surface area contributed by atoms with Gasteiger partial charge in [0.25, 0.3) is 0 Å². The van der Waals surface area contributed by atoms with Gasteiger partial charge in [-0.25, -0.2) is 4.39 Å². The van der Waals surface area contributed by atoms with Gasteiger partial charge >= 0.3 is 0 Å². The Labute approximate surface area is 106 Å². The molecule has 2 aromatic rings. The van der Waals surface area contributed by atoms with Gasteiger partial charge in [0.2, 0.25) is 0 Å². The summed E-state index contributed by atoms with van der Waals surface area (Å²) >= 11 is 3.19. The lowest BCUT2D eigenvalue weighted by Gasteiger charge is -2.06. The molecule has 0 bridgehead atoms. The first-order valence-corrected chi connectivity index (χ1v) is 5.66. The summed E-state index contributed by atoms with van der Waals surface area (Å²) in [4.78, 5) is 0. The number of rotatable bonds is 3. The molecule has 3 nitrogen and oxygen atoms in total. The maximum absolute atomic E-state index is 13.3. The van der Waals surface area contributed by atoms with Crippen molar-refractivity contribution in [2.24, 2.45) is 0 Å². The summed E-state index contributed by atoms with van der Waals surface area (Å²) < 4.78 is 19.2. The number of nitrogens with one attached hydrogen (secondary N) is 1. The highest BCUT2D eigenvalue weighted by atomic mass is 79.9. The van der Waals surface area contributed by atoms with E-state index in [-0.39, 0.29) is 5.56 Å². The average molecular weight is 295 g/mol. The molecule has 17 heavy (non-hydrogen) atoms. The summed E-state index contributed by atoms with van der Waals surface area (Å²) in [6, 6.07) is 9.86. The first-order valence-electron chi connectivity index (χ1n) is 4.87. The topological polar surface area (TPSA) is 49.0 Å². The molecule has 5 heteroatoms. The van der Waals surface area contributed by atoms with Crippen molar-refractivity contribution in [1.82, 2.24) is 0 Å². The van der Waals surface area contributed by atoms with Crippen LogP contribution in [0.5, 0.6) is 0 Å². The zero-order valence-corrected chi connectivity index (χ0v) is 10.3. The number of nitrogens with zero attached hydrogens (tertiary/aromatic N) is 1. The maximum Gasteiger partial charge on any atom is 0.169 e. The molecular weight excluding hydrogens is 287 g/mol. The molecule has 0 aliphatic heterocycles. The largest absolute Gasteiger partial charge is 0.452 e. The van der Waals surface area contributed by atoms with Crippen LogP contribution in [0, 0.1) is 17.1 Å². The Balaban J connectivity index is 2.14. The molecule has 0 fully saturated rings. The number of halogens is 2. The van der Waals surface area contributed by atoms with Crippen LogP contribution in [-0.2, 0) is 6.54 Å². The van der Waals surface area contributed by atoms with Crippen LogP contribution >= 0.6 is 15.9 Å². The van der Waals surface area contributed by atoms with Gasteiger partial charge in [0.15, 0.2) is 4.67 Å². The highest BCUT2D eigenvalue weighted by molar-refractivity contribution is 9.10. The molecule has 0 aliphatic carbocycles. The van der Waals surface area contributed by atoms with Crippen molar-refractivity contribution in [2.45, 2.75) is 6.54 Å². The van der Waals surface area contributed by atoms with Crippen molar-refractivity contribution >= 4 is 21.6 Å². The van der Waals surface area contributed by atoms with Crippen molar-refractivity contribution in [3.63, 3.8) is 0 Å². The van der Waals surface area contributed by atoms with Crippen molar-refractivity contribution in [3.8, 4) is 6.07 Å². The molecule has 1 aromatic carbocycles. The third-order valence-corrected chi connectivity index (χ3v) is 2.63. The molecule has 2 rings (SSSR count). The van der Waals surface area contributed by atoms with Gasteiger partial charge in [-0.2, -0.15) is 5.26 Å². The van der Waals surface area contributed by atoms with Crippen LogP contribution in [-0.4, -0.2) is 0 Å². The highest BCUT2D eigenvalue weighted by Gasteiger charge is 2.07. The summed E-state index contributed by atoms with van der Waals surface area (Å²) in [5.74, 6) is 0.170. The second kappa shape index (κ2) is 5.02. The van der Waals surface area contributed by atoms with Crippen LogP contribution in [0.1, 0.15) is 11.3 Å². The lowest BCUT2D eigenvalue weighted by molar-refractivity contribution is 0.495. The SMILES string of the molecule is N#Cc1c(F)cccc1NCc1ccc(Br)o1. The van der Waals surface area contributed by atoms with Crippen LogP contribution in [0.2, 0.25) is 0 Å². The fraction of sp³-hybridized carbons (Fsp3) is 0.0833. The highest BCUT2D eigenvalue weighted by Crippen LogP contribution is 2.20. The number of hydrogen-bond acceptors (Lipinski definition) is 3. The zero-order chi connectivity index (χ0) is 12.3. The Kier molecular flexibility index (Phi) is 3.45. The standard InChI is InChI=1S/C12H8BrFN2O/c13-12-5-4-8(17-12)7-16-11-3-1-2-10(14)9(11)6-15/h1-5,16H,7H2. The minimum atomic E-state index is -0.530. The second-order valence-electron chi connectivity index (χ2n) is 3.33. The average Bonchev–Trinajstić information content (AvgIpc) is 2.72. The molecule has 0 spiro atoms. The molecule has 1 heterocycles. The van der Waals surface area contributed by atoms with Gasteiger partial charge in [-0.15, -0.1) is 0 Å². The molecule has 1 N–H and O–H groups in total. The fourth-order valence-electron chi connectivity index (χ4n) is 1.41. The second-order valence-corrected chi connectivity index (χ2v) is 4.12. The molecular formula is C12H8BrFN2O. The monoisotopic (exact) mass is 294 g/mol. The zero-order valence-electron chi connectivity index (χ0n) is 8.71. The van der Waals surface area contributed by atoms with E-state index in [1.165, 1.54) is 6.07 Å². The fourth-order valence-corrected chi connectivity index (χ4v) is 1.75. The molecule has 0 aliphatic rings. The minimum absolute atomic E-state index is 0.0121. The van der Waals surface area contributed by atoms with Crippen LogP contribution in [0.4, 0.5) is 10.1 Å². The summed E-state index contributed by atoms with van der Waals surface area (Å²) in [5, 5.41) is 11.8. The van der Waals surface area contributed by atoms with E-state index >= 15 is 0 Å². The Hall–Kier alpha value is -1.80. The van der Waals surface area contributed by atoms with E-state index in [0.717, 1.165) is 0 Å². The summed E-state index contributed by atoms with van der Waals surface area (Å²) in [6.45, 7) is 0.393. The maximum atomic E-state index is 13.3. The number of hydrogen-bond donors (Lipinski definition) is 1. The predicted octanol–water partition coefficient (Wildman–Crippen LogP) is 3.66. The van der Waals surface area contributed by atoms with E-state index in [1.54, 1.807) is 24.3 Å². The molecule has 1 aromatic heterocycles. The Morgan fingerprint density at radius 1 is 1.35 bits per heavy atom. The van der Waals surface area contributed by atoms with Crippen LogP contribution in [0.15, 0.2) is 39.4 Å². The van der Waals surface area contributed by atoms with E-state index in [2.05, 4.69) is 21.2 Å². The van der Waals surface area contributed by atoms with Crippen molar-refractivity contribution in [3.05, 3.63) is 52.1 Å². The molecule has 0 saturated carbocycles. The summed E-state index contributed by atoms with van der Waals surface area (Å²) in [6.07, 6.45) is 0. The summed E-state index contributed by atoms with van der Waals surface area (Å²) in [5.41, 5.74) is 0.471. The van der Waals surface area contributed by atoms with Crippen LogP contribution in [0.3, 0.4) is 0 Å². The van der Waals surface area contributed by atoms with Gasteiger partial charge in [0.1, 0.15) is 23.2 Å². The van der Waals surface area contributed by atoms with E-state index in [0.29, 0.717) is 22.7 Å². The van der Waals surface area contributed by atoms with Crippen molar-refractivity contribution in [1.29, 1.82) is 5.26 Å². The molecule has 0 radical (unpaired) electrons. The van der Waals surface area contributed by atoms with Gasteiger partial charge in [-0.05, 0) is 40.2 Å². The minimum Gasteiger partial charge on any atom is -0.452 e. The Bertz CT molecular complexity index is 574. The molecule has 0 amide bonds. The Morgan fingerprint density at radius 3 is 2.82 bits per heavy atom. The van der Waals surface area contributed by atoms with Crippen molar-refractivity contribution < 1.29 is 8.81 Å². The normalized spacial score (nSPS) is 9.94. The molecule has 0 saturated heterocycles. The Morgan fingerprint density at radius 2 is 2.18 bits per heavy atom. The first-order chi connectivity index (χ1) is 8.20. The smallest absolute Gasteiger partial charge is 0.169 e. The van der Waals surface area contributed by atoms with E-state index in [9.17, 15) is 4.39 Å².